The molecular weight excluding hydrogens is 567 g/mol. The fourth-order valence-corrected chi connectivity index (χ4v) is 2.95. The Morgan fingerprint density at radius 3 is 2.30 bits per heavy atom. The van der Waals surface area contributed by atoms with E-state index in [-0.39, 0.29) is 38.0 Å². The maximum absolute atomic E-state index is 14.1. The van der Waals surface area contributed by atoms with Gasteiger partial charge < -0.3 is 15.2 Å². The summed E-state index contributed by atoms with van der Waals surface area (Å²) >= 11 is 0. The first kappa shape index (κ1) is 18.0. The zero-order chi connectivity index (χ0) is 23.1. The zero-order valence-corrected chi connectivity index (χ0v) is 18.2. The van der Waals surface area contributed by atoms with Gasteiger partial charge in [0.25, 0.3) is 0 Å². The average molecular weight is 588 g/mol. The van der Waals surface area contributed by atoms with Crippen LogP contribution in [0.3, 0.4) is 0 Å². The normalized spacial score (nSPS) is 13.1. The van der Waals surface area contributed by atoms with Crippen molar-refractivity contribution in [1.29, 1.82) is 0 Å². The van der Waals surface area contributed by atoms with Crippen LogP contribution in [0.15, 0.2) is 48.5 Å². The predicted molar refractivity (Wildman–Crippen MR) is 104 cm³/mol. The molecule has 4 rings (SSSR count). The monoisotopic (exact) mass is 587 g/mol. The van der Waals surface area contributed by atoms with E-state index in [1.54, 1.807) is 30.3 Å². The Morgan fingerprint density at radius 2 is 1.67 bits per heavy atom. The molecule has 0 spiro atoms. The van der Waals surface area contributed by atoms with E-state index in [0.29, 0.717) is 22.8 Å². The van der Waals surface area contributed by atoms with Gasteiger partial charge in [0.15, 0.2) is 0 Å². The molecule has 0 aromatic carbocycles. The first-order valence-electron chi connectivity index (χ1n) is 10.3. The van der Waals surface area contributed by atoms with Crippen LogP contribution in [-0.4, -0.2) is 20.1 Å². The van der Waals surface area contributed by atoms with Gasteiger partial charge in [0, 0.05) is 26.6 Å². The zero-order valence-electron chi connectivity index (χ0n) is 18.9. The van der Waals surface area contributed by atoms with E-state index in [4.69, 9.17) is 4.11 Å². The number of hydrogen-bond acceptors (Lipinski definition) is 4. The molecule has 4 aromatic rings. The van der Waals surface area contributed by atoms with Crippen molar-refractivity contribution in [3.05, 3.63) is 83.6 Å². The third kappa shape index (κ3) is 4.21. The van der Waals surface area contributed by atoms with Gasteiger partial charge in [-0.1, -0.05) is 41.6 Å². The predicted octanol–water partition coefficient (Wildman–Crippen LogP) is 4.27. The Balaban J connectivity index is 0.00000306. The Bertz CT molecular complexity index is 1290. The maximum Gasteiger partial charge on any atom is 2.00 e. The number of halogens is 2. The first-order chi connectivity index (χ1) is 15.1. The summed E-state index contributed by atoms with van der Waals surface area (Å²) in [6, 6.07) is 15.3. The minimum atomic E-state index is -2.35. The topological polar surface area (TPSA) is 65.7 Å². The molecule has 5 nitrogen and oxygen atoms in total. The van der Waals surface area contributed by atoms with Crippen LogP contribution < -0.4 is 5.10 Å². The fraction of sp³-hybridized carbons (Fsp3) is 0.182. The Morgan fingerprint density at radius 1 is 1.00 bits per heavy atom. The van der Waals surface area contributed by atoms with Crippen LogP contribution in [0, 0.1) is 24.8 Å². The maximum atomic E-state index is 14.1. The molecule has 0 saturated heterocycles. The molecule has 4 heterocycles. The molecule has 0 unspecified atom stereocenters. The van der Waals surface area contributed by atoms with Crippen molar-refractivity contribution >= 4 is 0 Å². The van der Waals surface area contributed by atoms with Gasteiger partial charge in [-0.3, -0.25) is 9.97 Å². The van der Waals surface area contributed by atoms with Crippen LogP contribution in [-0.2, 0) is 26.5 Å². The summed E-state index contributed by atoms with van der Waals surface area (Å²) in [4.78, 5) is 12.4. The molecule has 0 aliphatic rings. The van der Waals surface area contributed by atoms with Crippen molar-refractivity contribution < 1.29 is 34.0 Å². The van der Waals surface area contributed by atoms with Crippen molar-refractivity contribution in [3.8, 4) is 22.6 Å². The van der Waals surface area contributed by atoms with Gasteiger partial charge in [-0.2, -0.15) is 0 Å². The van der Waals surface area contributed by atoms with Crippen LogP contribution in [0.25, 0.3) is 22.6 Å². The number of rotatable bonds is 4. The second-order valence-electron chi connectivity index (χ2n) is 6.94. The van der Waals surface area contributed by atoms with E-state index in [1.165, 1.54) is 6.07 Å². The third-order valence-electron chi connectivity index (χ3n) is 4.58. The molecule has 30 heavy (non-hydrogen) atoms. The second kappa shape index (κ2) is 8.52. The van der Waals surface area contributed by atoms with Crippen LogP contribution >= 0.6 is 0 Å². The average Bonchev–Trinajstić information content (AvgIpc) is 3.25. The standard InChI is InChI=1S/C22H17F2N5.Pt/c1-13-12-17(29-28-13)16-7-5-9-19(26-16)22(2,3)18-8-4-6-15(25-18)14-10-11-20(23)27-21(14)24;/h4-9,11-12H,1-3H3;/q-2;+2/i1D3;. The van der Waals surface area contributed by atoms with Crippen molar-refractivity contribution in [1.82, 2.24) is 25.1 Å². The van der Waals surface area contributed by atoms with Crippen molar-refractivity contribution in [3.63, 3.8) is 0 Å². The first-order valence-corrected chi connectivity index (χ1v) is 8.76. The number of aromatic nitrogens is 5. The largest absolute Gasteiger partial charge is 2.00 e. The van der Waals surface area contributed by atoms with Gasteiger partial charge in [-0.25, -0.2) is 8.78 Å². The van der Waals surface area contributed by atoms with Gasteiger partial charge in [0.2, 0.25) is 0 Å². The molecule has 8 heteroatoms. The van der Waals surface area contributed by atoms with Gasteiger partial charge in [-0.05, 0) is 44.6 Å². The Kier molecular flexibility index (Phi) is 5.12. The molecule has 4 aromatic heterocycles. The second-order valence-corrected chi connectivity index (χ2v) is 6.94. The van der Waals surface area contributed by atoms with E-state index in [9.17, 15) is 8.78 Å². The Labute approximate surface area is 191 Å². The van der Waals surface area contributed by atoms with E-state index in [2.05, 4.69) is 31.2 Å². The summed E-state index contributed by atoms with van der Waals surface area (Å²) in [5, 5.41) is 7.68. The SMILES string of the molecule is [2H]C([2H])([2H])c1cc(-c2cccc(C(C)(C)c3cccc(-c4[c-]cc(F)nc4F)n3)n2)[n-]n1.[Pt+2]. The molecule has 0 bridgehead atoms. The van der Waals surface area contributed by atoms with Crippen LogP contribution in [0.2, 0.25) is 0 Å². The fourth-order valence-electron chi connectivity index (χ4n) is 2.95. The summed E-state index contributed by atoms with van der Waals surface area (Å²) < 4.78 is 49.7. The minimum Gasteiger partial charge on any atom is -0.574 e. The molecule has 0 fully saturated rings. The third-order valence-corrected chi connectivity index (χ3v) is 4.58. The number of pyridine rings is 3. The van der Waals surface area contributed by atoms with Crippen molar-refractivity contribution in [2.75, 3.05) is 0 Å². The number of aryl methyl sites for hydroxylation is 1. The molecule has 0 radical (unpaired) electrons. The molecule has 0 atom stereocenters. The van der Waals surface area contributed by atoms with E-state index >= 15 is 0 Å². The summed E-state index contributed by atoms with van der Waals surface area (Å²) in [6.45, 7) is 1.45. The minimum absolute atomic E-state index is 0. The number of nitrogens with zero attached hydrogens (tertiary/aromatic N) is 5. The quantitative estimate of drug-likeness (QED) is 0.264. The van der Waals surface area contributed by atoms with Gasteiger partial charge in [-0.15, -0.1) is 6.07 Å². The molecule has 0 aliphatic carbocycles. The van der Waals surface area contributed by atoms with E-state index < -0.39 is 24.2 Å². The van der Waals surface area contributed by atoms with E-state index in [0.717, 1.165) is 6.07 Å². The molecule has 0 saturated carbocycles. The summed E-state index contributed by atoms with van der Waals surface area (Å²) in [5.74, 6) is -1.95. The molecule has 0 aliphatic heterocycles. The van der Waals surface area contributed by atoms with Crippen LogP contribution in [0.5, 0.6) is 0 Å². The summed E-state index contributed by atoms with van der Waals surface area (Å²) in [6.07, 6.45) is 0. The van der Waals surface area contributed by atoms with Crippen molar-refractivity contribution in [2.24, 2.45) is 0 Å². The summed E-state index contributed by atoms with van der Waals surface area (Å²) in [5.41, 5.74) is 1.48. The van der Waals surface area contributed by atoms with Crippen LogP contribution in [0.1, 0.15) is 35.0 Å². The Hall–Kier alpha value is -2.79. The van der Waals surface area contributed by atoms with E-state index in [1.807, 2.05) is 19.9 Å². The van der Waals surface area contributed by atoms with Crippen molar-refractivity contribution in [2.45, 2.75) is 26.1 Å². The molecule has 154 valence electrons. The van der Waals surface area contributed by atoms with Gasteiger partial charge in [0.05, 0.1) is 5.69 Å². The van der Waals surface area contributed by atoms with Crippen LogP contribution in [0.4, 0.5) is 8.78 Å². The smallest absolute Gasteiger partial charge is 0.574 e. The molecule has 0 amide bonds. The van der Waals surface area contributed by atoms with Gasteiger partial charge in [0.1, 0.15) is 11.9 Å². The molecular formula is C22H17F2N5Pt. The summed E-state index contributed by atoms with van der Waals surface area (Å²) in [7, 11) is 0. The van der Waals surface area contributed by atoms with Gasteiger partial charge >= 0.3 is 21.1 Å². The molecule has 0 N–H and O–H groups in total. The number of hydrogen-bond donors (Lipinski definition) is 0.